The second-order valence-electron chi connectivity index (χ2n) is 6.58. The maximum atomic E-state index is 14.1. The minimum atomic E-state index is -0.460. The van der Waals surface area contributed by atoms with Crippen LogP contribution in [0.15, 0.2) is 71.3 Å². The SMILES string of the molecule is O=C(Nc1ccc(Br)cc1F)N1CCn2cccc2[C@@H]1Cc1ccccc1. The lowest BCUT2D eigenvalue weighted by molar-refractivity contribution is 0.167. The van der Waals surface area contributed by atoms with Crippen LogP contribution in [-0.4, -0.2) is 22.0 Å². The molecule has 2 aromatic carbocycles. The zero-order valence-electron chi connectivity index (χ0n) is 14.6. The third-order valence-corrected chi connectivity index (χ3v) is 5.36. The average Bonchev–Trinajstić information content (AvgIpc) is 3.14. The van der Waals surface area contributed by atoms with Crippen molar-refractivity contribution in [2.45, 2.75) is 19.0 Å². The molecule has 0 spiro atoms. The zero-order chi connectivity index (χ0) is 18.8. The number of anilines is 1. The number of halogens is 2. The number of amides is 2. The molecule has 2 heterocycles. The van der Waals surface area contributed by atoms with Crippen LogP contribution in [0.4, 0.5) is 14.9 Å². The maximum absolute atomic E-state index is 14.1. The molecule has 138 valence electrons. The first-order valence-corrected chi connectivity index (χ1v) is 9.63. The molecule has 4 nitrogen and oxygen atoms in total. The monoisotopic (exact) mass is 427 g/mol. The summed E-state index contributed by atoms with van der Waals surface area (Å²) in [6.45, 7) is 1.30. The standard InChI is InChI=1S/C21H19BrFN3O/c22-16-8-9-18(17(23)14-16)24-21(27)26-12-11-25-10-4-7-19(25)20(26)13-15-5-2-1-3-6-15/h1-10,14,20H,11-13H2,(H,24,27)/t20-/m0/s1. The third kappa shape index (κ3) is 3.76. The number of nitrogens with zero attached hydrogens (tertiary/aromatic N) is 2. The fourth-order valence-electron chi connectivity index (χ4n) is 3.54. The van der Waals surface area contributed by atoms with Gasteiger partial charge in [-0.1, -0.05) is 46.3 Å². The largest absolute Gasteiger partial charge is 0.348 e. The quantitative estimate of drug-likeness (QED) is 0.610. The first-order valence-electron chi connectivity index (χ1n) is 8.83. The molecule has 0 saturated carbocycles. The number of carbonyl (C=O) groups excluding carboxylic acids is 1. The van der Waals surface area contributed by atoms with Crippen molar-refractivity contribution in [2.75, 3.05) is 11.9 Å². The van der Waals surface area contributed by atoms with Crippen molar-refractivity contribution in [3.8, 4) is 0 Å². The molecule has 1 aliphatic rings. The molecule has 1 N–H and O–H groups in total. The van der Waals surface area contributed by atoms with Crippen LogP contribution in [0.5, 0.6) is 0 Å². The number of rotatable bonds is 3. The number of nitrogens with one attached hydrogen (secondary N) is 1. The van der Waals surface area contributed by atoms with Gasteiger partial charge < -0.3 is 14.8 Å². The van der Waals surface area contributed by atoms with Crippen molar-refractivity contribution in [1.29, 1.82) is 0 Å². The van der Waals surface area contributed by atoms with Gasteiger partial charge in [0.25, 0.3) is 0 Å². The molecule has 1 atom stereocenters. The summed E-state index contributed by atoms with van der Waals surface area (Å²) in [5.41, 5.74) is 2.43. The molecule has 0 bridgehead atoms. The van der Waals surface area contributed by atoms with Crippen LogP contribution in [0.25, 0.3) is 0 Å². The number of urea groups is 1. The predicted molar refractivity (Wildman–Crippen MR) is 107 cm³/mol. The minimum absolute atomic E-state index is 0.102. The van der Waals surface area contributed by atoms with Gasteiger partial charge in [0.1, 0.15) is 5.82 Å². The van der Waals surface area contributed by atoms with Gasteiger partial charge in [-0.05, 0) is 42.3 Å². The summed E-state index contributed by atoms with van der Waals surface area (Å²) in [5, 5.41) is 2.73. The fourth-order valence-corrected chi connectivity index (χ4v) is 3.87. The minimum Gasteiger partial charge on any atom is -0.348 e. The number of hydrogen-bond acceptors (Lipinski definition) is 1. The molecule has 1 aliphatic heterocycles. The van der Waals surface area contributed by atoms with Gasteiger partial charge in [0, 0.05) is 29.5 Å². The summed E-state index contributed by atoms with van der Waals surface area (Å²) >= 11 is 3.23. The van der Waals surface area contributed by atoms with Crippen LogP contribution in [-0.2, 0) is 13.0 Å². The third-order valence-electron chi connectivity index (χ3n) is 4.87. The second-order valence-corrected chi connectivity index (χ2v) is 7.50. The Morgan fingerprint density at radius 2 is 1.93 bits per heavy atom. The topological polar surface area (TPSA) is 37.3 Å². The molecule has 27 heavy (non-hydrogen) atoms. The van der Waals surface area contributed by atoms with E-state index in [0.29, 0.717) is 17.4 Å². The highest BCUT2D eigenvalue weighted by Gasteiger charge is 2.31. The van der Waals surface area contributed by atoms with Crippen molar-refractivity contribution in [1.82, 2.24) is 9.47 Å². The van der Waals surface area contributed by atoms with E-state index in [1.807, 2.05) is 36.5 Å². The number of fused-ring (bicyclic) bond motifs is 1. The highest BCUT2D eigenvalue weighted by molar-refractivity contribution is 9.10. The summed E-state index contributed by atoms with van der Waals surface area (Å²) in [7, 11) is 0. The number of aromatic nitrogens is 1. The highest BCUT2D eigenvalue weighted by Crippen LogP contribution is 2.30. The van der Waals surface area contributed by atoms with E-state index in [4.69, 9.17) is 0 Å². The Morgan fingerprint density at radius 3 is 2.70 bits per heavy atom. The molecule has 0 unspecified atom stereocenters. The molecule has 0 radical (unpaired) electrons. The van der Waals surface area contributed by atoms with E-state index < -0.39 is 5.82 Å². The first kappa shape index (κ1) is 17.8. The Balaban J connectivity index is 1.60. The van der Waals surface area contributed by atoms with E-state index in [1.165, 1.54) is 6.07 Å². The molecule has 1 aromatic heterocycles. The normalized spacial score (nSPS) is 16.1. The summed E-state index contributed by atoms with van der Waals surface area (Å²) in [4.78, 5) is 14.8. The van der Waals surface area contributed by atoms with Gasteiger partial charge in [0.15, 0.2) is 0 Å². The summed E-state index contributed by atoms with van der Waals surface area (Å²) in [6.07, 6.45) is 2.75. The van der Waals surface area contributed by atoms with Gasteiger partial charge in [-0.2, -0.15) is 0 Å². The van der Waals surface area contributed by atoms with Crippen LogP contribution < -0.4 is 5.32 Å². The molecule has 3 aromatic rings. The van der Waals surface area contributed by atoms with E-state index in [0.717, 1.165) is 17.8 Å². The van der Waals surface area contributed by atoms with E-state index in [-0.39, 0.29) is 17.8 Å². The number of hydrogen-bond donors (Lipinski definition) is 1. The molecular formula is C21H19BrFN3O. The fraction of sp³-hybridized carbons (Fsp3) is 0.190. The van der Waals surface area contributed by atoms with Crippen LogP contribution >= 0.6 is 15.9 Å². The van der Waals surface area contributed by atoms with Crippen LogP contribution in [0.2, 0.25) is 0 Å². The van der Waals surface area contributed by atoms with Gasteiger partial charge in [-0.3, -0.25) is 0 Å². The second kappa shape index (κ2) is 7.56. The Kier molecular flexibility index (Phi) is 4.99. The molecule has 2 amide bonds. The Bertz CT molecular complexity index is 957. The Labute approximate surface area is 165 Å². The molecule has 0 saturated heterocycles. The lowest BCUT2D eigenvalue weighted by Gasteiger charge is -2.37. The summed E-state index contributed by atoms with van der Waals surface area (Å²) < 4.78 is 17.0. The van der Waals surface area contributed by atoms with E-state index in [9.17, 15) is 9.18 Å². The van der Waals surface area contributed by atoms with E-state index in [2.05, 4.69) is 37.9 Å². The zero-order valence-corrected chi connectivity index (χ0v) is 16.2. The van der Waals surface area contributed by atoms with Crippen LogP contribution in [0, 0.1) is 5.82 Å². The number of carbonyl (C=O) groups is 1. The van der Waals surface area contributed by atoms with Gasteiger partial charge in [-0.25, -0.2) is 9.18 Å². The Hall–Kier alpha value is -2.60. The maximum Gasteiger partial charge on any atom is 0.322 e. The van der Waals surface area contributed by atoms with E-state index >= 15 is 0 Å². The highest BCUT2D eigenvalue weighted by atomic mass is 79.9. The summed E-state index contributed by atoms with van der Waals surface area (Å²) in [6, 6.07) is 18.4. The smallest absolute Gasteiger partial charge is 0.322 e. The van der Waals surface area contributed by atoms with Crippen molar-refractivity contribution in [3.05, 3.63) is 88.4 Å². The van der Waals surface area contributed by atoms with Crippen molar-refractivity contribution in [3.63, 3.8) is 0 Å². The summed E-state index contributed by atoms with van der Waals surface area (Å²) in [5.74, 6) is -0.460. The lowest BCUT2D eigenvalue weighted by atomic mass is 10.0. The van der Waals surface area contributed by atoms with Crippen LogP contribution in [0.1, 0.15) is 17.3 Å². The average molecular weight is 428 g/mol. The van der Waals surface area contributed by atoms with Gasteiger partial charge in [-0.15, -0.1) is 0 Å². The van der Waals surface area contributed by atoms with Gasteiger partial charge in [0.2, 0.25) is 0 Å². The molecular weight excluding hydrogens is 409 g/mol. The molecule has 0 aliphatic carbocycles. The number of benzene rings is 2. The molecule has 4 rings (SSSR count). The van der Waals surface area contributed by atoms with Gasteiger partial charge >= 0.3 is 6.03 Å². The molecule has 0 fully saturated rings. The molecule has 6 heteroatoms. The lowest BCUT2D eigenvalue weighted by Crippen LogP contribution is -2.45. The Morgan fingerprint density at radius 1 is 1.11 bits per heavy atom. The predicted octanol–water partition coefficient (Wildman–Crippen LogP) is 5.22. The van der Waals surface area contributed by atoms with E-state index in [1.54, 1.807) is 17.0 Å². The van der Waals surface area contributed by atoms with Crippen molar-refractivity contribution in [2.24, 2.45) is 0 Å². The first-order chi connectivity index (χ1) is 13.1. The van der Waals surface area contributed by atoms with Crippen LogP contribution in [0.3, 0.4) is 0 Å². The van der Waals surface area contributed by atoms with Crippen molar-refractivity contribution >= 4 is 27.6 Å². The van der Waals surface area contributed by atoms with Gasteiger partial charge in [0.05, 0.1) is 11.7 Å². The van der Waals surface area contributed by atoms with Crippen molar-refractivity contribution < 1.29 is 9.18 Å².